The van der Waals surface area contributed by atoms with E-state index in [1.54, 1.807) is 19.1 Å². The highest BCUT2D eigenvalue weighted by Gasteiger charge is 2.31. The number of benzene rings is 2. The van der Waals surface area contributed by atoms with E-state index >= 15 is 0 Å². The maximum atomic E-state index is 13.4. The minimum Gasteiger partial charge on any atom is -0.357 e. The third-order valence-corrected chi connectivity index (χ3v) is 6.48. The predicted molar refractivity (Wildman–Crippen MR) is 129 cm³/mol. The summed E-state index contributed by atoms with van der Waals surface area (Å²) in [6.07, 6.45) is 1.89. The van der Waals surface area contributed by atoms with Gasteiger partial charge in [0.25, 0.3) is 0 Å². The van der Waals surface area contributed by atoms with E-state index in [9.17, 15) is 22.8 Å². The highest BCUT2D eigenvalue weighted by atomic mass is 32.2. The lowest BCUT2D eigenvalue weighted by atomic mass is 10.1. The summed E-state index contributed by atoms with van der Waals surface area (Å²) in [7, 11) is -2.34. The van der Waals surface area contributed by atoms with E-state index in [0.717, 1.165) is 16.1 Å². The second-order valence-corrected chi connectivity index (χ2v) is 9.64. The molecule has 0 unspecified atom stereocenters. The van der Waals surface area contributed by atoms with Crippen molar-refractivity contribution in [1.29, 1.82) is 0 Å². The maximum absolute atomic E-state index is 13.4. The Kier molecular flexibility index (Phi) is 9.16. The van der Waals surface area contributed by atoms with Crippen molar-refractivity contribution in [3.63, 3.8) is 0 Å². The molecule has 0 aliphatic carbocycles. The van der Waals surface area contributed by atoms with Crippen LogP contribution in [-0.2, 0) is 26.0 Å². The number of nitrogens with zero attached hydrogens (tertiary/aromatic N) is 2. The number of rotatable bonds is 11. The average molecular weight is 474 g/mol. The third kappa shape index (κ3) is 7.15. The number of hydrogen-bond acceptors (Lipinski definition) is 5. The van der Waals surface area contributed by atoms with Crippen LogP contribution in [0.5, 0.6) is 0 Å². The Morgan fingerprint density at radius 2 is 1.70 bits per heavy atom. The second kappa shape index (κ2) is 11.6. The van der Waals surface area contributed by atoms with Gasteiger partial charge in [0.15, 0.2) is 5.78 Å². The summed E-state index contributed by atoms with van der Waals surface area (Å²) in [4.78, 5) is 39.1. The average Bonchev–Trinajstić information content (AvgIpc) is 2.79. The Bertz CT molecular complexity index is 1090. The van der Waals surface area contributed by atoms with Crippen LogP contribution in [0.1, 0.15) is 36.2 Å². The molecule has 2 amide bonds. The van der Waals surface area contributed by atoms with E-state index in [2.05, 4.69) is 5.32 Å². The van der Waals surface area contributed by atoms with E-state index in [-0.39, 0.29) is 23.9 Å². The number of sulfonamides is 1. The van der Waals surface area contributed by atoms with Crippen LogP contribution >= 0.6 is 0 Å². The number of carbonyl (C=O) groups excluding carboxylic acids is 3. The first-order valence-corrected chi connectivity index (χ1v) is 12.6. The van der Waals surface area contributed by atoms with E-state index in [0.29, 0.717) is 18.4 Å². The van der Waals surface area contributed by atoms with Gasteiger partial charge in [-0.25, -0.2) is 8.42 Å². The van der Waals surface area contributed by atoms with Crippen LogP contribution in [0.25, 0.3) is 0 Å². The first-order valence-electron chi connectivity index (χ1n) is 10.7. The lowest BCUT2D eigenvalue weighted by molar-refractivity contribution is -0.139. The normalized spacial score (nSPS) is 12.0. The summed E-state index contributed by atoms with van der Waals surface area (Å²) < 4.78 is 26.1. The van der Waals surface area contributed by atoms with Gasteiger partial charge < -0.3 is 10.2 Å². The molecule has 0 saturated heterocycles. The molecule has 0 spiro atoms. The van der Waals surface area contributed by atoms with E-state index in [1.165, 1.54) is 31.0 Å². The zero-order valence-corrected chi connectivity index (χ0v) is 20.3. The molecule has 0 bridgehead atoms. The first-order chi connectivity index (χ1) is 15.6. The van der Waals surface area contributed by atoms with Crippen molar-refractivity contribution in [1.82, 2.24) is 10.2 Å². The molecular weight excluding hydrogens is 442 g/mol. The van der Waals surface area contributed by atoms with Crippen LogP contribution in [-0.4, -0.2) is 63.4 Å². The standard InChI is InChI=1S/C24H31N3O5S/c1-5-22(24(30)25-3)26(15-14-19-10-7-6-8-11-19)23(29)17-27(33(4,31)32)21-13-9-12-20(16-21)18(2)28/h6-13,16,22H,5,14-15,17H2,1-4H3,(H,25,30)/t22-/m0/s1. The molecule has 178 valence electrons. The summed E-state index contributed by atoms with van der Waals surface area (Å²) >= 11 is 0. The predicted octanol–water partition coefficient (Wildman–Crippen LogP) is 2.25. The minimum absolute atomic E-state index is 0.216. The van der Waals surface area contributed by atoms with E-state index in [4.69, 9.17) is 0 Å². The molecular formula is C24H31N3O5S. The van der Waals surface area contributed by atoms with Gasteiger partial charge in [0.05, 0.1) is 11.9 Å². The molecule has 1 atom stereocenters. The van der Waals surface area contributed by atoms with Crippen LogP contribution in [0.4, 0.5) is 5.69 Å². The highest BCUT2D eigenvalue weighted by molar-refractivity contribution is 7.92. The number of ketones is 1. The molecule has 9 heteroatoms. The molecule has 1 N–H and O–H groups in total. The number of amides is 2. The van der Waals surface area contributed by atoms with Gasteiger partial charge in [-0.2, -0.15) is 0 Å². The molecule has 0 radical (unpaired) electrons. The summed E-state index contributed by atoms with van der Waals surface area (Å²) in [5.41, 5.74) is 1.55. The van der Waals surface area contributed by atoms with Crippen molar-refractivity contribution < 1.29 is 22.8 Å². The monoisotopic (exact) mass is 473 g/mol. The smallest absolute Gasteiger partial charge is 0.244 e. The quantitative estimate of drug-likeness (QED) is 0.504. The van der Waals surface area contributed by atoms with E-state index in [1.807, 2.05) is 30.3 Å². The lowest BCUT2D eigenvalue weighted by Crippen LogP contribution is -2.52. The lowest BCUT2D eigenvalue weighted by Gasteiger charge is -2.32. The van der Waals surface area contributed by atoms with Gasteiger partial charge in [-0.05, 0) is 37.5 Å². The molecule has 2 aromatic carbocycles. The Balaban J connectivity index is 2.38. The van der Waals surface area contributed by atoms with Gasteiger partial charge in [0.2, 0.25) is 21.8 Å². The van der Waals surface area contributed by atoms with Crippen molar-refractivity contribution in [2.24, 2.45) is 0 Å². The Labute approximate surface area is 195 Å². The van der Waals surface area contributed by atoms with Gasteiger partial charge in [-0.15, -0.1) is 0 Å². The van der Waals surface area contributed by atoms with Crippen molar-refractivity contribution in [3.05, 3.63) is 65.7 Å². The maximum Gasteiger partial charge on any atom is 0.244 e. The number of likely N-dealkylation sites (N-methyl/N-ethyl adjacent to an activating group) is 1. The zero-order valence-electron chi connectivity index (χ0n) is 19.4. The minimum atomic E-state index is -3.84. The zero-order chi connectivity index (χ0) is 24.6. The SMILES string of the molecule is CC[C@@H](C(=O)NC)N(CCc1ccccc1)C(=O)CN(c1cccc(C(C)=O)c1)S(C)(=O)=O. The fourth-order valence-corrected chi connectivity index (χ4v) is 4.40. The molecule has 0 aliphatic rings. The molecule has 0 fully saturated rings. The topological polar surface area (TPSA) is 104 Å². The van der Waals surface area contributed by atoms with Gasteiger partial charge in [0.1, 0.15) is 12.6 Å². The number of nitrogens with one attached hydrogen (secondary N) is 1. The molecule has 0 saturated carbocycles. The molecule has 0 aliphatic heterocycles. The summed E-state index contributed by atoms with van der Waals surface area (Å²) in [5.74, 6) is -1.03. The Morgan fingerprint density at radius 3 is 2.24 bits per heavy atom. The molecule has 33 heavy (non-hydrogen) atoms. The number of anilines is 1. The van der Waals surface area contributed by atoms with Crippen molar-refractivity contribution in [3.8, 4) is 0 Å². The molecule has 2 aromatic rings. The summed E-state index contributed by atoms with van der Waals surface area (Å²) in [6.45, 7) is 2.95. The van der Waals surface area contributed by atoms with Crippen molar-refractivity contribution >= 4 is 33.3 Å². The first kappa shape index (κ1) is 26.1. The van der Waals surface area contributed by atoms with Crippen LogP contribution in [0.2, 0.25) is 0 Å². The van der Waals surface area contributed by atoms with E-state index < -0.39 is 28.5 Å². The van der Waals surface area contributed by atoms with Crippen LogP contribution in [0.15, 0.2) is 54.6 Å². The Morgan fingerprint density at radius 1 is 1.03 bits per heavy atom. The number of Topliss-reactive ketones (excluding diaryl/α,β-unsaturated/α-hetero) is 1. The highest BCUT2D eigenvalue weighted by Crippen LogP contribution is 2.20. The fourth-order valence-electron chi connectivity index (χ4n) is 3.56. The second-order valence-electron chi connectivity index (χ2n) is 7.74. The van der Waals surface area contributed by atoms with Gasteiger partial charge >= 0.3 is 0 Å². The molecule has 2 rings (SSSR count). The van der Waals surface area contributed by atoms with Crippen molar-refractivity contribution in [2.75, 3.05) is 30.7 Å². The largest absolute Gasteiger partial charge is 0.357 e. The van der Waals surface area contributed by atoms with Gasteiger partial charge in [0, 0.05) is 19.2 Å². The summed E-state index contributed by atoms with van der Waals surface area (Å²) in [5, 5.41) is 2.58. The van der Waals surface area contributed by atoms with Crippen LogP contribution in [0, 0.1) is 0 Å². The number of carbonyl (C=O) groups is 3. The third-order valence-electron chi connectivity index (χ3n) is 5.34. The Hall–Kier alpha value is -3.20. The van der Waals surface area contributed by atoms with Crippen LogP contribution in [0.3, 0.4) is 0 Å². The fraction of sp³-hybridized carbons (Fsp3) is 0.375. The van der Waals surface area contributed by atoms with Crippen LogP contribution < -0.4 is 9.62 Å². The molecule has 0 heterocycles. The van der Waals surface area contributed by atoms with Gasteiger partial charge in [-0.1, -0.05) is 49.4 Å². The van der Waals surface area contributed by atoms with Gasteiger partial charge in [-0.3, -0.25) is 18.7 Å². The number of hydrogen-bond donors (Lipinski definition) is 1. The molecule has 0 aromatic heterocycles. The van der Waals surface area contributed by atoms with Crippen molar-refractivity contribution in [2.45, 2.75) is 32.7 Å². The summed E-state index contributed by atoms with van der Waals surface area (Å²) in [6, 6.07) is 14.9. The molecule has 8 nitrogen and oxygen atoms in total.